The van der Waals surface area contributed by atoms with Crippen LogP contribution >= 0.6 is 15.9 Å². The van der Waals surface area contributed by atoms with Crippen molar-refractivity contribution in [2.75, 3.05) is 26.9 Å². The summed E-state index contributed by atoms with van der Waals surface area (Å²) in [5, 5.41) is 9.23. The molecule has 2 aliphatic carbocycles. The molecule has 2 aromatic rings. The van der Waals surface area contributed by atoms with E-state index < -0.39 is 11.9 Å². The highest BCUT2D eigenvalue weighted by molar-refractivity contribution is 9.10. The van der Waals surface area contributed by atoms with E-state index >= 15 is 0 Å². The molecule has 0 amide bonds. The fourth-order valence-electron chi connectivity index (χ4n) is 7.07. The number of benzene rings is 2. The predicted octanol–water partition coefficient (Wildman–Crippen LogP) is 7.85. The van der Waals surface area contributed by atoms with E-state index in [4.69, 9.17) is 14.2 Å². The van der Waals surface area contributed by atoms with Crippen molar-refractivity contribution in [1.29, 1.82) is 0 Å². The van der Waals surface area contributed by atoms with E-state index in [1.54, 1.807) is 31.4 Å². The maximum atomic E-state index is 14.2. The van der Waals surface area contributed by atoms with Crippen LogP contribution in [0.5, 0.6) is 11.5 Å². The Morgan fingerprint density at radius 3 is 2.04 bits per heavy atom. The minimum atomic E-state index is -0.984. The molecule has 246 valence electrons. The lowest BCUT2D eigenvalue weighted by Gasteiger charge is -2.49. The fraction of sp³-hybridized carbons (Fsp3) is 0.486. The predicted molar refractivity (Wildman–Crippen MR) is 179 cm³/mol. The van der Waals surface area contributed by atoms with Crippen molar-refractivity contribution in [3.8, 4) is 11.5 Å². The largest absolute Gasteiger partial charge is 0.490 e. The molecule has 0 spiro atoms. The van der Waals surface area contributed by atoms with E-state index in [1.165, 1.54) is 0 Å². The number of allylic oxidation sites excluding steroid dienone is 4. The number of hydrogen-bond acceptors (Lipinski definition) is 7. The highest BCUT2D eigenvalue weighted by Crippen LogP contribution is 2.55. The van der Waals surface area contributed by atoms with E-state index in [2.05, 4.69) is 48.5 Å². The molecule has 0 unspecified atom stereocenters. The summed E-state index contributed by atoms with van der Waals surface area (Å²) in [4.78, 5) is 41.8. The monoisotopic (exact) mass is 693 g/mol. The Bertz CT molecular complexity index is 1550. The average molecular weight is 695 g/mol. The zero-order chi connectivity index (χ0) is 33.4. The molecule has 1 N–H and O–H groups in total. The molecule has 0 bridgehead atoms. The number of methoxy groups -OCH3 is 1. The SMILES string of the molecule is CCOc1cc(C2C3=C(CC(C)(C)CC3=O)N(CCCOC)C3=C2C(=O)CC(C)(C)C3)cc(Br)c1OCc1ccc(C(=O)O)cc1. The Kier molecular flexibility index (Phi) is 9.85. The summed E-state index contributed by atoms with van der Waals surface area (Å²) in [5.41, 5.74) is 4.88. The molecule has 3 aliphatic rings. The van der Waals surface area contributed by atoms with Crippen molar-refractivity contribution in [3.05, 3.63) is 80.1 Å². The van der Waals surface area contributed by atoms with Crippen molar-refractivity contribution in [2.24, 2.45) is 10.8 Å². The molecule has 8 nitrogen and oxygen atoms in total. The minimum absolute atomic E-state index is 0.0800. The van der Waals surface area contributed by atoms with Crippen LogP contribution in [0.2, 0.25) is 0 Å². The number of ketones is 2. The second-order valence-corrected chi connectivity index (χ2v) is 14.9. The quantitative estimate of drug-likeness (QED) is 0.238. The maximum absolute atomic E-state index is 14.2. The molecule has 0 radical (unpaired) electrons. The molecular formula is C37H44BrNO7. The van der Waals surface area contributed by atoms with Crippen molar-refractivity contribution in [3.63, 3.8) is 0 Å². The Morgan fingerprint density at radius 2 is 1.52 bits per heavy atom. The van der Waals surface area contributed by atoms with Gasteiger partial charge in [-0.25, -0.2) is 4.79 Å². The third-order valence-electron chi connectivity index (χ3n) is 9.00. The van der Waals surface area contributed by atoms with Gasteiger partial charge in [0.1, 0.15) is 6.61 Å². The molecule has 1 heterocycles. The first kappa shape index (κ1) is 33.9. The van der Waals surface area contributed by atoms with Crippen LogP contribution in [-0.4, -0.2) is 54.4 Å². The van der Waals surface area contributed by atoms with Crippen molar-refractivity contribution in [2.45, 2.75) is 79.2 Å². The van der Waals surface area contributed by atoms with Gasteiger partial charge in [0.25, 0.3) is 0 Å². The molecule has 0 aromatic heterocycles. The number of nitrogens with zero attached hydrogens (tertiary/aromatic N) is 1. The molecule has 0 atom stereocenters. The molecular weight excluding hydrogens is 650 g/mol. The molecule has 1 aliphatic heterocycles. The normalized spacial score (nSPS) is 19.2. The van der Waals surface area contributed by atoms with Gasteiger partial charge in [-0.05, 0) is 88.3 Å². The molecule has 5 rings (SSSR count). The number of carbonyl (C=O) groups is 3. The lowest BCUT2D eigenvalue weighted by Crippen LogP contribution is -2.44. The van der Waals surface area contributed by atoms with E-state index in [0.29, 0.717) is 59.7 Å². The van der Waals surface area contributed by atoms with Gasteiger partial charge in [0.2, 0.25) is 0 Å². The molecule has 0 saturated carbocycles. The van der Waals surface area contributed by atoms with Gasteiger partial charge in [0.15, 0.2) is 23.1 Å². The van der Waals surface area contributed by atoms with Crippen LogP contribution in [0.25, 0.3) is 0 Å². The Labute approximate surface area is 279 Å². The van der Waals surface area contributed by atoms with Gasteiger partial charge in [-0.2, -0.15) is 0 Å². The Morgan fingerprint density at radius 1 is 0.935 bits per heavy atom. The van der Waals surface area contributed by atoms with Gasteiger partial charge in [0, 0.05) is 61.6 Å². The Hall–Kier alpha value is -3.43. The lowest BCUT2D eigenvalue weighted by molar-refractivity contribution is -0.119. The summed E-state index contributed by atoms with van der Waals surface area (Å²) in [6.07, 6.45) is 3.09. The number of halogens is 1. The summed E-state index contributed by atoms with van der Waals surface area (Å²) in [5.74, 6) is -0.327. The topological polar surface area (TPSA) is 102 Å². The lowest BCUT2D eigenvalue weighted by atomic mass is 9.63. The maximum Gasteiger partial charge on any atom is 0.335 e. The zero-order valence-corrected chi connectivity index (χ0v) is 29.2. The standard InChI is InChI=1S/C37H44BrNO7/c1-7-45-30-16-24(15-25(38)34(30)46-21-22-9-11-23(12-10-22)35(42)43)31-32-26(17-36(2,3)19-28(32)40)39(13-8-14-44-6)27-18-37(4,5)20-29(41)33(27)31/h9-12,15-16,31H,7-8,13-14,17-21H2,1-6H3,(H,42,43). The number of carboxylic acid groups (broad SMARTS) is 1. The van der Waals surface area contributed by atoms with Gasteiger partial charge >= 0.3 is 5.97 Å². The summed E-state index contributed by atoms with van der Waals surface area (Å²) < 4.78 is 18.4. The minimum Gasteiger partial charge on any atom is -0.490 e. The molecule has 0 fully saturated rings. The van der Waals surface area contributed by atoms with Crippen LogP contribution in [0.4, 0.5) is 0 Å². The van der Waals surface area contributed by atoms with Crippen LogP contribution in [0, 0.1) is 10.8 Å². The van der Waals surface area contributed by atoms with Gasteiger partial charge < -0.3 is 24.2 Å². The second-order valence-electron chi connectivity index (χ2n) is 14.1. The van der Waals surface area contributed by atoms with Gasteiger partial charge in [-0.1, -0.05) is 39.8 Å². The molecule has 2 aromatic carbocycles. The van der Waals surface area contributed by atoms with Crippen LogP contribution in [-0.2, 0) is 20.9 Å². The van der Waals surface area contributed by atoms with Gasteiger partial charge in [0.05, 0.1) is 16.6 Å². The first-order valence-electron chi connectivity index (χ1n) is 16.0. The Balaban J connectivity index is 1.62. The number of ether oxygens (including phenoxy) is 3. The first-order chi connectivity index (χ1) is 21.7. The zero-order valence-electron chi connectivity index (χ0n) is 27.6. The van der Waals surface area contributed by atoms with Crippen molar-refractivity contribution < 1.29 is 33.7 Å². The summed E-state index contributed by atoms with van der Waals surface area (Å²) >= 11 is 3.73. The highest BCUT2D eigenvalue weighted by atomic mass is 79.9. The number of rotatable bonds is 11. The summed E-state index contributed by atoms with van der Waals surface area (Å²) in [6, 6.07) is 10.4. The molecule has 9 heteroatoms. The van der Waals surface area contributed by atoms with Crippen LogP contribution in [0.1, 0.15) is 94.1 Å². The van der Waals surface area contributed by atoms with E-state index in [1.807, 2.05) is 19.1 Å². The number of hydrogen-bond donors (Lipinski definition) is 1. The summed E-state index contributed by atoms with van der Waals surface area (Å²) in [6.45, 7) is 12.3. The summed E-state index contributed by atoms with van der Waals surface area (Å²) in [7, 11) is 1.69. The van der Waals surface area contributed by atoms with E-state index in [-0.39, 0.29) is 34.6 Å². The van der Waals surface area contributed by atoms with Crippen LogP contribution in [0.15, 0.2) is 63.4 Å². The average Bonchev–Trinajstić information content (AvgIpc) is 2.96. The fourth-order valence-corrected chi connectivity index (χ4v) is 7.65. The molecule has 46 heavy (non-hydrogen) atoms. The van der Waals surface area contributed by atoms with Gasteiger partial charge in [-0.15, -0.1) is 0 Å². The van der Waals surface area contributed by atoms with Crippen LogP contribution < -0.4 is 9.47 Å². The first-order valence-corrected chi connectivity index (χ1v) is 16.7. The van der Waals surface area contributed by atoms with E-state index in [9.17, 15) is 19.5 Å². The third kappa shape index (κ3) is 6.95. The van der Waals surface area contributed by atoms with Crippen molar-refractivity contribution in [1.82, 2.24) is 4.90 Å². The second kappa shape index (κ2) is 13.4. The highest BCUT2D eigenvalue weighted by Gasteiger charge is 2.49. The smallest absolute Gasteiger partial charge is 0.335 e. The van der Waals surface area contributed by atoms with Gasteiger partial charge in [-0.3, -0.25) is 9.59 Å². The number of aromatic carboxylic acids is 1. The number of carbonyl (C=O) groups excluding carboxylic acids is 2. The van der Waals surface area contributed by atoms with Crippen LogP contribution in [0.3, 0.4) is 0 Å². The third-order valence-corrected chi connectivity index (χ3v) is 9.59. The molecule has 0 saturated heterocycles. The number of Topliss-reactive ketones (excluding diaryl/α,β-unsaturated/α-hetero) is 2. The van der Waals surface area contributed by atoms with Crippen molar-refractivity contribution >= 4 is 33.5 Å². The number of carboxylic acids is 1. The van der Waals surface area contributed by atoms with E-state index in [0.717, 1.165) is 41.8 Å².